The molecule has 2 aliphatic rings. The summed E-state index contributed by atoms with van der Waals surface area (Å²) in [6.45, 7) is 3.89. The lowest BCUT2D eigenvalue weighted by molar-refractivity contribution is 0.174. The van der Waals surface area contributed by atoms with Gasteiger partial charge in [0, 0.05) is 11.6 Å². The number of nitrogens with zero attached hydrogens (tertiary/aromatic N) is 2. The van der Waals surface area contributed by atoms with E-state index in [0.29, 0.717) is 33.7 Å². The summed E-state index contributed by atoms with van der Waals surface area (Å²) in [5.41, 5.74) is 2.29. The summed E-state index contributed by atoms with van der Waals surface area (Å²) >= 11 is 1.09. The third kappa shape index (κ3) is 2.65. The molecule has 1 N–H and O–H groups in total. The van der Waals surface area contributed by atoms with E-state index in [-0.39, 0.29) is 12.0 Å². The number of aliphatic imine (C=N–C) groups is 1. The van der Waals surface area contributed by atoms with E-state index >= 15 is 0 Å². The average molecular weight is 343 g/mol. The maximum atomic E-state index is 11.8. The van der Waals surface area contributed by atoms with Crippen LogP contribution in [0.1, 0.15) is 17.0 Å². The number of nitrogens with one attached hydrogen (secondary N) is 1. The summed E-state index contributed by atoms with van der Waals surface area (Å²) in [5.74, 6) is 2.52. The van der Waals surface area contributed by atoms with Crippen molar-refractivity contribution in [2.45, 2.75) is 13.8 Å². The van der Waals surface area contributed by atoms with Crippen LogP contribution in [0.3, 0.4) is 0 Å². The van der Waals surface area contributed by atoms with Gasteiger partial charge >= 0.3 is 0 Å². The Morgan fingerprint density at radius 2 is 2.12 bits per heavy atom. The van der Waals surface area contributed by atoms with Crippen molar-refractivity contribution in [1.29, 1.82) is 0 Å². The summed E-state index contributed by atoms with van der Waals surface area (Å²) in [6, 6.07) is 5.38. The fraction of sp³-hybridized carbons (Fsp3) is 0.188. The molecule has 0 atom stereocenters. The van der Waals surface area contributed by atoms with Crippen LogP contribution in [0.25, 0.3) is 6.08 Å². The predicted octanol–water partition coefficient (Wildman–Crippen LogP) is 3.55. The fourth-order valence-electron chi connectivity index (χ4n) is 2.42. The highest BCUT2D eigenvalue weighted by atomic mass is 32.2. The Labute approximate surface area is 141 Å². The van der Waals surface area contributed by atoms with Crippen molar-refractivity contribution >= 4 is 34.6 Å². The Morgan fingerprint density at radius 3 is 2.92 bits per heavy atom. The van der Waals surface area contributed by atoms with Crippen LogP contribution in [0.15, 0.2) is 32.6 Å². The minimum atomic E-state index is -0.174. The smallest absolute Gasteiger partial charge is 0.289 e. The quantitative estimate of drug-likeness (QED) is 0.897. The topological polar surface area (TPSA) is 86.0 Å². The Hall–Kier alpha value is -2.74. The van der Waals surface area contributed by atoms with Crippen molar-refractivity contribution in [3.8, 4) is 11.5 Å². The second kappa shape index (κ2) is 5.72. The zero-order chi connectivity index (χ0) is 16.7. The molecule has 122 valence electrons. The van der Waals surface area contributed by atoms with Crippen LogP contribution in [-0.4, -0.2) is 23.0 Å². The van der Waals surface area contributed by atoms with Crippen molar-refractivity contribution < 1.29 is 18.8 Å². The number of hydrogen-bond acceptors (Lipinski definition) is 7. The number of benzene rings is 1. The van der Waals surface area contributed by atoms with Gasteiger partial charge in [-0.05, 0) is 43.8 Å². The first-order valence-corrected chi connectivity index (χ1v) is 8.04. The van der Waals surface area contributed by atoms with Crippen LogP contribution >= 0.6 is 11.8 Å². The molecule has 0 bridgehead atoms. The van der Waals surface area contributed by atoms with Gasteiger partial charge in [-0.15, -0.1) is 0 Å². The highest BCUT2D eigenvalue weighted by Gasteiger charge is 2.25. The van der Waals surface area contributed by atoms with Gasteiger partial charge in [-0.25, -0.2) is 4.99 Å². The van der Waals surface area contributed by atoms with Crippen LogP contribution in [0.2, 0.25) is 0 Å². The summed E-state index contributed by atoms with van der Waals surface area (Å²) in [7, 11) is 0. The predicted molar refractivity (Wildman–Crippen MR) is 89.7 cm³/mol. The van der Waals surface area contributed by atoms with E-state index < -0.39 is 0 Å². The van der Waals surface area contributed by atoms with Gasteiger partial charge in [0.05, 0.1) is 16.3 Å². The molecule has 0 radical (unpaired) electrons. The molecule has 0 aliphatic carbocycles. The standard InChI is InChI=1S/C16H13N3O4S/c1-8-11(9(2)23-19-8)6-14-15(18-16(20)24-14)17-10-3-4-12-13(5-10)22-7-21-12/h3-6H,7H2,1-2H3,(H,17,18,20)/b14-6-. The number of fused-ring (bicyclic) bond motifs is 1. The van der Waals surface area contributed by atoms with Crippen molar-refractivity contribution in [2.24, 2.45) is 4.99 Å². The molecule has 1 saturated heterocycles. The molecule has 4 rings (SSSR count). The lowest BCUT2D eigenvalue weighted by Gasteiger charge is -2.01. The zero-order valence-corrected chi connectivity index (χ0v) is 13.8. The van der Waals surface area contributed by atoms with Gasteiger partial charge in [0.1, 0.15) is 11.6 Å². The molecule has 1 aromatic carbocycles. The van der Waals surface area contributed by atoms with Crippen LogP contribution in [0.4, 0.5) is 10.5 Å². The molecule has 24 heavy (non-hydrogen) atoms. The molecule has 1 fully saturated rings. The monoisotopic (exact) mass is 343 g/mol. The molecular weight excluding hydrogens is 330 g/mol. The van der Waals surface area contributed by atoms with E-state index in [2.05, 4.69) is 15.5 Å². The summed E-state index contributed by atoms with van der Waals surface area (Å²) in [5, 5.41) is 6.50. The third-order valence-electron chi connectivity index (χ3n) is 3.62. The Kier molecular flexibility index (Phi) is 3.53. The summed E-state index contributed by atoms with van der Waals surface area (Å²) in [6.07, 6.45) is 1.86. The van der Waals surface area contributed by atoms with Gasteiger partial charge in [0.2, 0.25) is 6.79 Å². The molecular formula is C16H13N3O4S. The van der Waals surface area contributed by atoms with Crippen LogP contribution in [0.5, 0.6) is 11.5 Å². The van der Waals surface area contributed by atoms with Gasteiger partial charge in [0.25, 0.3) is 5.24 Å². The number of carbonyl (C=O) groups excluding carboxylic acids is 1. The fourth-order valence-corrected chi connectivity index (χ4v) is 3.14. The lowest BCUT2D eigenvalue weighted by atomic mass is 10.2. The number of rotatable bonds is 2. The zero-order valence-electron chi connectivity index (χ0n) is 13.0. The molecule has 1 amide bonds. The normalized spacial score (nSPS) is 19.3. The average Bonchev–Trinajstić information content (AvgIpc) is 3.23. The second-order valence-electron chi connectivity index (χ2n) is 5.26. The number of amides is 1. The molecule has 2 aromatic rings. The second-order valence-corrected chi connectivity index (χ2v) is 6.27. The number of hydrogen-bond donors (Lipinski definition) is 1. The Morgan fingerprint density at radius 1 is 1.29 bits per heavy atom. The minimum absolute atomic E-state index is 0.174. The van der Waals surface area contributed by atoms with Crippen molar-refractivity contribution in [2.75, 3.05) is 6.79 Å². The number of amidine groups is 1. The molecule has 7 nitrogen and oxygen atoms in total. The number of aryl methyl sites for hydroxylation is 2. The van der Waals surface area contributed by atoms with E-state index in [4.69, 9.17) is 14.0 Å². The summed E-state index contributed by atoms with van der Waals surface area (Å²) in [4.78, 5) is 17.0. The molecule has 0 spiro atoms. The van der Waals surface area contributed by atoms with E-state index in [1.165, 1.54) is 0 Å². The Bertz CT molecular complexity index is 881. The molecule has 2 aliphatic heterocycles. The number of aromatic nitrogens is 1. The maximum Gasteiger partial charge on any atom is 0.289 e. The van der Waals surface area contributed by atoms with Crippen LogP contribution < -0.4 is 14.8 Å². The number of carbonyl (C=O) groups is 1. The van der Waals surface area contributed by atoms with Gasteiger partial charge in [-0.1, -0.05) is 5.16 Å². The highest BCUT2D eigenvalue weighted by molar-refractivity contribution is 8.18. The van der Waals surface area contributed by atoms with Crippen LogP contribution in [0, 0.1) is 13.8 Å². The molecule has 3 heterocycles. The van der Waals surface area contributed by atoms with Gasteiger partial charge in [0.15, 0.2) is 11.5 Å². The van der Waals surface area contributed by atoms with E-state index in [9.17, 15) is 4.79 Å². The van der Waals surface area contributed by atoms with Gasteiger partial charge in [-0.2, -0.15) is 0 Å². The maximum absolute atomic E-state index is 11.8. The number of ether oxygens (including phenoxy) is 2. The van der Waals surface area contributed by atoms with Crippen LogP contribution in [-0.2, 0) is 0 Å². The summed E-state index contributed by atoms with van der Waals surface area (Å²) < 4.78 is 15.8. The SMILES string of the molecule is Cc1noc(C)c1/C=C1\SC(=O)NC1=Nc1ccc2c(c1)OCO2. The third-order valence-corrected chi connectivity index (χ3v) is 4.44. The van der Waals surface area contributed by atoms with Gasteiger partial charge < -0.3 is 19.3 Å². The van der Waals surface area contributed by atoms with E-state index in [1.807, 2.05) is 26.0 Å². The molecule has 0 saturated carbocycles. The van der Waals surface area contributed by atoms with Crippen molar-refractivity contribution in [3.63, 3.8) is 0 Å². The molecule has 1 aromatic heterocycles. The molecule has 0 unspecified atom stereocenters. The Balaban J connectivity index is 1.71. The first-order chi connectivity index (χ1) is 11.6. The van der Waals surface area contributed by atoms with Crippen molar-refractivity contribution in [1.82, 2.24) is 10.5 Å². The largest absolute Gasteiger partial charge is 0.454 e. The first kappa shape index (κ1) is 14.8. The van der Waals surface area contributed by atoms with E-state index in [0.717, 1.165) is 23.0 Å². The van der Waals surface area contributed by atoms with Gasteiger partial charge in [-0.3, -0.25) is 4.79 Å². The first-order valence-electron chi connectivity index (χ1n) is 7.22. The van der Waals surface area contributed by atoms with E-state index in [1.54, 1.807) is 12.1 Å². The minimum Gasteiger partial charge on any atom is -0.454 e. The lowest BCUT2D eigenvalue weighted by Crippen LogP contribution is -2.18. The molecule has 8 heteroatoms. The number of thioether (sulfide) groups is 1. The highest BCUT2D eigenvalue weighted by Crippen LogP contribution is 2.36. The van der Waals surface area contributed by atoms with Crippen molar-refractivity contribution in [3.05, 3.63) is 40.1 Å².